The van der Waals surface area contributed by atoms with Crippen LogP contribution < -0.4 is 15.4 Å². The molecule has 0 aliphatic carbocycles. The monoisotopic (exact) mass is 356 g/mol. The van der Waals surface area contributed by atoms with Crippen molar-refractivity contribution in [1.82, 2.24) is 5.32 Å². The van der Waals surface area contributed by atoms with Crippen molar-refractivity contribution >= 4 is 23.4 Å². The maximum Gasteiger partial charge on any atom is 0.226 e. The van der Waals surface area contributed by atoms with Gasteiger partial charge in [-0.1, -0.05) is 36.4 Å². The van der Waals surface area contributed by atoms with Gasteiger partial charge in [-0.2, -0.15) is 11.8 Å². The lowest BCUT2D eigenvalue weighted by atomic mass is 10.2. The normalized spacial score (nSPS) is 17.1. The summed E-state index contributed by atoms with van der Waals surface area (Å²) in [6.45, 7) is 3.47. The molecule has 2 N–H and O–H groups in total. The van der Waals surface area contributed by atoms with Gasteiger partial charge in [-0.3, -0.25) is 4.79 Å². The smallest absolute Gasteiger partial charge is 0.226 e. The van der Waals surface area contributed by atoms with Crippen molar-refractivity contribution in [2.24, 2.45) is 0 Å². The van der Waals surface area contributed by atoms with Crippen LogP contribution in [0.2, 0.25) is 0 Å². The average molecular weight is 356 g/mol. The SMILES string of the molecule is Cc1ccc(NC(=O)CC2CSCCN2)c(OCc2ccccc2)c1. The van der Waals surface area contributed by atoms with Gasteiger partial charge in [0.15, 0.2) is 0 Å². The third-order valence-electron chi connectivity index (χ3n) is 4.08. The number of benzene rings is 2. The number of ether oxygens (including phenoxy) is 1. The molecule has 1 fully saturated rings. The van der Waals surface area contributed by atoms with Gasteiger partial charge in [-0.15, -0.1) is 0 Å². The molecule has 1 amide bonds. The Balaban J connectivity index is 1.62. The summed E-state index contributed by atoms with van der Waals surface area (Å²) in [5.74, 6) is 2.84. The van der Waals surface area contributed by atoms with E-state index in [0.29, 0.717) is 18.8 Å². The Labute approximate surface area is 153 Å². The van der Waals surface area contributed by atoms with Crippen LogP contribution in [0.25, 0.3) is 0 Å². The number of aryl methyl sites for hydroxylation is 1. The molecule has 4 nitrogen and oxygen atoms in total. The average Bonchev–Trinajstić information content (AvgIpc) is 2.63. The van der Waals surface area contributed by atoms with Crippen LogP contribution in [0.3, 0.4) is 0 Å². The van der Waals surface area contributed by atoms with E-state index in [9.17, 15) is 4.79 Å². The third-order valence-corrected chi connectivity index (χ3v) is 5.21. The first-order valence-corrected chi connectivity index (χ1v) is 9.74. The summed E-state index contributed by atoms with van der Waals surface area (Å²) >= 11 is 1.89. The van der Waals surface area contributed by atoms with Crippen LogP contribution in [0.5, 0.6) is 5.75 Å². The van der Waals surface area contributed by atoms with E-state index in [-0.39, 0.29) is 11.9 Å². The first-order chi connectivity index (χ1) is 12.2. The van der Waals surface area contributed by atoms with Crippen molar-refractivity contribution in [2.75, 3.05) is 23.4 Å². The van der Waals surface area contributed by atoms with Crippen LogP contribution in [0.4, 0.5) is 5.69 Å². The highest BCUT2D eigenvalue weighted by atomic mass is 32.2. The Hall–Kier alpha value is -1.98. The molecule has 1 heterocycles. The van der Waals surface area contributed by atoms with Crippen LogP contribution in [0, 0.1) is 6.92 Å². The number of hydrogen-bond donors (Lipinski definition) is 2. The summed E-state index contributed by atoms with van der Waals surface area (Å²) in [6.07, 6.45) is 0.485. The molecule has 1 unspecified atom stereocenters. The van der Waals surface area contributed by atoms with Crippen molar-refractivity contribution in [3.63, 3.8) is 0 Å². The minimum atomic E-state index is 0.0217. The highest BCUT2D eigenvalue weighted by Gasteiger charge is 2.17. The van der Waals surface area contributed by atoms with Crippen molar-refractivity contribution in [3.05, 3.63) is 59.7 Å². The van der Waals surface area contributed by atoms with Gasteiger partial charge >= 0.3 is 0 Å². The molecule has 132 valence electrons. The molecule has 0 aromatic heterocycles. The molecular weight excluding hydrogens is 332 g/mol. The minimum Gasteiger partial charge on any atom is -0.487 e. The number of hydrogen-bond acceptors (Lipinski definition) is 4. The van der Waals surface area contributed by atoms with E-state index in [4.69, 9.17) is 4.74 Å². The number of nitrogens with one attached hydrogen (secondary N) is 2. The molecule has 0 saturated carbocycles. The third kappa shape index (κ3) is 5.51. The Morgan fingerprint density at radius 3 is 2.88 bits per heavy atom. The molecule has 1 aliphatic rings. The molecule has 5 heteroatoms. The van der Waals surface area contributed by atoms with E-state index in [1.165, 1.54) is 0 Å². The molecular formula is C20H24N2O2S. The second kappa shape index (κ2) is 8.92. The quantitative estimate of drug-likeness (QED) is 0.830. The zero-order chi connectivity index (χ0) is 17.5. The second-order valence-electron chi connectivity index (χ2n) is 6.25. The van der Waals surface area contributed by atoms with Gasteiger partial charge < -0.3 is 15.4 Å². The summed E-state index contributed by atoms with van der Waals surface area (Å²) < 4.78 is 5.96. The first-order valence-electron chi connectivity index (χ1n) is 8.59. The van der Waals surface area contributed by atoms with Gasteiger partial charge in [0, 0.05) is 30.5 Å². The summed E-state index contributed by atoms with van der Waals surface area (Å²) in [6, 6.07) is 16.1. The van der Waals surface area contributed by atoms with Crippen LogP contribution in [0.15, 0.2) is 48.5 Å². The second-order valence-corrected chi connectivity index (χ2v) is 7.40. The Kier molecular flexibility index (Phi) is 6.36. The lowest BCUT2D eigenvalue weighted by Gasteiger charge is -2.22. The van der Waals surface area contributed by atoms with Gasteiger partial charge in [-0.25, -0.2) is 0 Å². The fraction of sp³-hybridized carbons (Fsp3) is 0.350. The summed E-state index contributed by atoms with van der Waals surface area (Å²) in [7, 11) is 0. The van der Waals surface area contributed by atoms with E-state index >= 15 is 0 Å². The number of anilines is 1. The zero-order valence-corrected chi connectivity index (χ0v) is 15.3. The lowest BCUT2D eigenvalue weighted by Crippen LogP contribution is -2.39. The number of rotatable bonds is 6. The summed E-state index contributed by atoms with van der Waals surface area (Å²) in [5.41, 5.74) is 2.94. The van der Waals surface area contributed by atoms with Gasteiger partial charge in [0.1, 0.15) is 12.4 Å². The highest BCUT2D eigenvalue weighted by molar-refractivity contribution is 7.99. The van der Waals surface area contributed by atoms with E-state index in [1.807, 2.05) is 67.2 Å². The fourth-order valence-electron chi connectivity index (χ4n) is 2.76. The van der Waals surface area contributed by atoms with Crippen LogP contribution >= 0.6 is 11.8 Å². The molecule has 1 aliphatic heterocycles. The molecule has 0 radical (unpaired) electrons. The zero-order valence-electron chi connectivity index (χ0n) is 14.5. The summed E-state index contributed by atoms with van der Waals surface area (Å²) in [4.78, 5) is 12.4. The van der Waals surface area contributed by atoms with Crippen LogP contribution in [-0.2, 0) is 11.4 Å². The van der Waals surface area contributed by atoms with Crippen molar-refractivity contribution < 1.29 is 9.53 Å². The Morgan fingerprint density at radius 1 is 1.28 bits per heavy atom. The maximum atomic E-state index is 12.4. The molecule has 1 atom stereocenters. The largest absolute Gasteiger partial charge is 0.487 e. The molecule has 25 heavy (non-hydrogen) atoms. The number of thioether (sulfide) groups is 1. The first kappa shape index (κ1) is 17.8. The number of carbonyl (C=O) groups is 1. The van der Waals surface area contributed by atoms with Crippen LogP contribution in [0.1, 0.15) is 17.5 Å². The lowest BCUT2D eigenvalue weighted by molar-refractivity contribution is -0.116. The summed E-state index contributed by atoms with van der Waals surface area (Å²) in [5, 5.41) is 6.40. The molecule has 1 saturated heterocycles. The molecule has 2 aromatic carbocycles. The maximum absolute atomic E-state index is 12.4. The number of amides is 1. The number of carbonyl (C=O) groups excluding carboxylic acids is 1. The molecule has 0 bridgehead atoms. The predicted molar refractivity (Wildman–Crippen MR) is 104 cm³/mol. The van der Waals surface area contributed by atoms with Gasteiger partial charge in [-0.05, 0) is 30.2 Å². The van der Waals surface area contributed by atoms with E-state index in [0.717, 1.165) is 34.9 Å². The molecule has 0 spiro atoms. The standard InChI is InChI=1S/C20H24N2O2S/c1-15-7-8-18(22-20(23)12-17-14-25-10-9-21-17)19(11-15)24-13-16-5-3-2-4-6-16/h2-8,11,17,21H,9-10,12-14H2,1H3,(H,22,23). The van der Waals surface area contributed by atoms with E-state index in [2.05, 4.69) is 10.6 Å². The van der Waals surface area contributed by atoms with Crippen LogP contribution in [-0.4, -0.2) is 30.0 Å². The Bertz CT molecular complexity index is 700. The van der Waals surface area contributed by atoms with E-state index in [1.54, 1.807) is 0 Å². The highest BCUT2D eigenvalue weighted by Crippen LogP contribution is 2.27. The fourth-order valence-corrected chi connectivity index (χ4v) is 3.71. The molecule has 2 aromatic rings. The van der Waals surface area contributed by atoms with Gasteiger partial charge in [0.25, 0.3) is 0 Å². The minimum absolute atomic E-state index is 0.0217. The van der Waals surface area contributed by atoms with Crippen molar-refractivity contribution in [1.29, 1.82) is 0 Å². The topological polar surface area (TPSA) is 50.4 Å². The predicted octanol–water partition coefficient (Wildman–Crippen LogP) is 3.61. The van der Waals surface area contributed by atoms with Gasteiger partial charge in [0.05, 0.1) is 5.69 Å². The van der Waals surface area contributed by atoms with Crippen molar-refractivity contribution in [2.45, 2.75) is 26.0 Å². The van der Waals surface area contributed by atoms with E-state index < -0.39 is 0 Å². The van der Waals surface area contributed by atoms with Gasteiger partial charge in [0.2, 0.25) is 5.91 Å². The molecule has 3 rings (SSSR count). The van der Waals surface area contributed by atoms with Crippen molar-refractivity contribution in [3.8, 4) is 5.75 Å². The Morgan fingerprint density at radius 2 is 2.12 bits per heavy atom.